The molecule has 0 aliphatic carbocycles. The molecule has 1 aliphatic heterocycles. The van der Waals surface area contributed by atoms with Gasteiger partial charge in [-0.05, 0) is 0 Å². The van der Waals surface area contributed by atoms with Gasteiger partial charge >= 0.3 is 6.18 Å². The number of amides is 1. The van der Waals surface area contributed by atoms with E-state index in [2.05, 4.69) is 25.5 Å². The summed E-state index contributed by atoms with van der Waals surface area (Å²) in [6, 6.07) is 1.75. The molecule has 0 spiro atoms. The van der Waals surface area contributed by atoms with Crippen LogP contribution in [0.4, 0.5) is 24.8 Å². The third-order valence-electron chi connectivity index (χ3n) is 3.10. The maximum atomic E-state index is 12.0. The molecule has 0 radical (unpaired) electrons. The van der Waals surface area contributed by atoms with Gasteiger partial charge in [0.2, 0.25) is 5.91 Å². The molecule has 128 valence electrons. The molecule has 2 N–H and O–H groups in total. The number of nitrogens with zero attached hydrogens (tertiary/aromatic N) is 3. The monoisotopic (exact) mass is 333 g/mol. The van der Waals surface area contributed by atoms with Crippen LogP contribution in [0.3, 0.4) is 0 Å². The molecule has 0 bridgehead atoms. The van der Waals surface area contributed by atoms with Crippen LogP contribution in [0, 0.1) is 0 Å². The molecular weight excluding hydrogens is 315 g/mol. The Bertz CT molecular complexity index is 521. The minimum Gasteiger partial charge on any atom is -0.378 e. The second-order valence-electron chi connectivity index (χ2n) is 4.93. The molecule has 7 nitrogen and oxygen atoms in total. The molecule has 23 heavy (non-hydrogen) atoms. The van der Waals surface area contributed by atoms with E-state index in [1.165, 1.54) is 6.33 Å². The molecule has 0 atom stereocenters. The predicted octanol–water partition coefficient (Wildman–Crippen LogP) is 0.794. The first-order chi connectivity index (χ1) is 10.9. The fourth-order valence-electron chi connectivity index (χ4n) is 2.05. The van der Waals surface area contributed by atoms with Gasteiger partial charge in [-0.1, -0.05) is 0 Å². The molecule has 2 heterocycles. The van der Waals surface area contributed by atoms with Gasteiger partial charge in [-0.2, -0.15) is 13.2 Å². The Morgan fingerprint density at radius 1 is 1.26 bits per heavy atom. The van der Waals surface area contributed by atoms with Gasteiger partial charge in [-0.3, -0.25) is 4.79 Å². The van der Waals surface area contributed by atoms with Crippen molar-refractivity contribution >= 4 is 17.5 Å². The van der Waals surface area contributed by atoms with Gasteiger partial charge in [0.05, 0.1) is 13.2 Å². The lowest BCUT2D eigenvalue weighted by Crippen LogP contribution is -2.36. The molecule has 1 aliphatic rings. The molecule has 1 aromatic heterocycles. The average molecular weight is 333 g/mol. The molecule has 1 saturated heterocycles. The average Bonchev–Trinajstić information content (AvgIpc) is 2.51. The van der Waals surface area contributed by atoms with Crippen LogP contribution in [0.25, 0.3) is 0 Å². The number of aromatic nitrogens is 2. The van der Waals surface area contributed by atoms with Crippen molar-refractivity contribution in [2.45, 2.75) is 12.6 Å². The zero-order valence-electron chi connectivity index (χ0n) is 12.4. The van der Waals surface area contributed by atoms with Crippen LogP contribution < -0.4 is 15.5 Å². The number of carbonyl (C=O) groups is 1. The number of carbonyl (C=O) groups excluding carboxylic acids is 1. The minimum atomic E-state index is -4.49. The third kappa shape index (κ3) is 6.27. The van der Waals surface area contributed by atoms with Crippen molar-refractivity contribution in [2.24, 2.45) is 0 Å². The summed E-state index contributed by atoms with van der Waals surface area (Å²) in [7, 11) is 0. The zero-order chi connectivity index (χ0) is 16.7. The largest absolute Gasteiger partial charge is 0.397 e. The predicted molar refractivity (Wildman–Crippen MR) is 77.2 cm³/mol. The topological polar surface area (TPSA) is 79.4 Å². The van der Waals surface area contributed by atoms with Gasteiger partial charge < -0.3 is 20.3 Å². The molecule has 2 rings (SSSR count). The highest BCUT2D eigenvalue weighted by Crippen LogP contribution is 2.18. The van der Waals surface area contributed by atoms with Crippen molar-refractivity contribution in [3.05, 3.63) is 12.4 Å². The Kier molecular flexibility index (Phi) is 5.97. The van der Waals surface area contributed by atoms with E-state index >= 15 is 0 Å². The zero-order valence-corrected chi connectivity index (χ0v) is 12.4. The second-order valence-corrected chi connectivity index (χ2v) is 4.93. The molecule has 0 unspecified atom stereocenters. The van der Waals surface area contributed by atoms with Crippen molar-refractivity contribution in [3.63, 3.8) is 0 Å². The lowest BCUT2D eigenvalue weighted by atomic mass is 10.4. The fourth-order valence-corrected chi connectivity index (χ4v) is 2.05. The Labute approximate surface area is 131 Å². The van der Waals surface area contributed by atoms with Crippen LogP contribution in [-0.2, 0) is 9.53 Å². The normalized spacial score (nSPS) is 15.3. The van der Waals surface area contributed by atoms with Gasteiger partial charge in [-0.25, -0.2) is 9.97 Å². The number of nitrogens with one attached hydrogen (secondary N) is 2. The van der Waals surface area contributed by atoms with E-state index in [1.807, 2.05) is 0 Å². The van der Waals surface area contributed by atoms with Crippen LogP contribution in [0.15, 0.2) is 12.4 Å². The lowest BCUT2D eigenvalue weighted by Gasteiger charge is -2.27. The number of anilines is 2. The summed E-state index contributed by atoms with van der Waals surface area (Å²) < 4.78 is 41.3. The number of ether oxygens (including phenoxy) is 1. The molecular formula is C13H18F3N5O2. The van der Waals surface area contributed by atoms with E-state index in [9.17, 15) is 18.0 Å². The summed E-state index contributed by atoms with van der Waals surface area (Å²) in [4.78, 5) is 21.3. The molecule has 10 heteroatoms. The number of rotatable bonds is 6. The van der Waals surface area contributed by atoms with Gasteiger partial charge in [0.1, 0.15) is 24.4 Å². The first kappa shape index (κ1) is 17.3. The second kappa shape index (κ2) is 7.95. The first-order valence-corrected chi connectivity index (χ1v) is 7.16. The number of hydrogen-bond donors (Lipinski definition) is 2. The van der Waals surface area contributed by atoms with Gasteiger partial charge in [0, 0.05) is 32.2 Å². The summed E-state index contributed by atoms with van der Waals surface area (Å²) in [5.74, 6) is 0.259. The Hall–Kier alpha value is -2.10. The molecule has 1 amide bonds. The highest BCUT2D eigenvalue weighted by molar-refractivity contribution is 5.76. The van der Waals surface area contributed by atoms with E-state index < -0.39 is 18.5 Å². The minimum absolute atomic E-state index is 0.0752. The number of morpholine rings is 1. The standard InChI is InChI=1S/C13H18F3N5O2/c14-13(15,16)8-12(22)18-2-1-17-10-7-11(20-9-19-10)21-3-5-23-6-4-21/h7,9H,1-6,8H2,(H,18,22)(H,17,19,20). The highest BCUT2D eigenvalue weighted by Gasteiger charge is 2.30. The SMILES string of the molecule is O=C(CC(F)(F)F)NCCNc1cc(N2CCOCC2)ncn1. The Balaban J connectivity index is 1.74. The maximum absolute atomic E-state index is 12.0. The van der Waals surface area contributed by atoms with Gasteiger partial charge in [-0.15, -0.1) is 0 Å². The summed E-state index contributed by atoms with van der Waals surface area (Å²) in [5, 5.41) is 5.13. The highest BCUT2D eigenvalue weighted by atomic mass is 19.4. The van der Waals surface area contributed by atoms with Gasteiger partial charge in [0.15, 0.2) is 0 Å². The third-order valence-corrected chi connectivity index (χ3v) is 3.10. The van der Waals surface area contributed by atoms with Crippen molar-refractivity contribution in [1.82, 2.24) is 15.3 Å². The maximum Gasteiger partial charge on any atom is 0.397 e. The number of alkyl halides is 3. The summed E-state index contributed by atoms with van der Waals surface area (Å²) in [6.45, 7) is 3.10. The Morgan fingerprint density at radius 2 is 2.00 bits per heavy atom. The van der Waals surface area contributed by atoms with E-state index in [0.717, 1.165) is 18.9 Å². The first-order valence-electron chi connectivity index (χ1n) is 7.16. The summed E-state index contributed by atoms with van der Waals surface area (Å²) in [5.41, 5.74) is 0. The number of hydrogen-bond acceptors (Lipinski definition) is 6. The molecule has 0 saturated carbocycles. The van der Waals surface area contributed by atoms with E-state index in [0.29, 0.717) is 19.0 Å². The van der Waals surface area contributed by atoms with Crippen molar-refractivity contribution < 1.29 is 22.7 Å². The van der Waals surface area contributed by atoms with Crippen molar-refractivity contribution in [1.29, 1.82) is 0 Å². The fraction of sp³-hybridized carbons (Fsp3) is 0.615. The molecule has 0 aromatic carbocycles. The van der Waals surface area contributed by atoms with Crippen molar-refractivity contribution in [3.8, 4) is 0 Å². The van der Waals surface area contributed by atoms with E-state index in [-0.39, 0.29) is 13.1 Å². The van der Waals surface area contributed by atoms with Gasteiger partial charge in [0.25, 0.3) is 0 Å². The summed E-state index contributed by atoms with van der Waals surface area (Å²) >= 11 is 0. The van der Waals surface area contributed by atoms with E-state index in [4.69, 9.17) is 4.74 Å². The smallest absolute Gasteiger partial charge is 0.378 e. The summed E-state index contributed by atoms with van der Waals surface area (Å²) in [6.07, 6.45) is -4.55. The van der Waals surface area contributed by atoms with Crippen molar-refractivity contribution in [2.75, 3.05) is 49.6 Å². The van der Waals surface area contributed by atoms with Crippen LogP contribution in [0.1, 0.15) is 6.42 Å². The van der Waals surface area contributed by atoms with Crippen LogP contribution in [0.2, 0.25) is 0 Å². The Morgan fingerprint density at radius 3 is 2.70 bits per heavy atom. The lowest BCUT2D eigenvalue weighted by molar-refractivity contribution is -0.153. The number of halogens is 3. The van der Waals surface area contributed by atoms with E-state index in [1.54, 1.807) is 6.07 Å². The van der Waals surface area contributed by atoms with Crippen LogP contribution in [-0.4, -0.2) is 61.4 Å². The molecule has 1 aromatic rings. The van der Waals surface area contributed by atoms with Crippen LogP contribution in [0.5, 0.6) is 0 Å². The quantitative estimate of drug-likeness (QED) is 0.750. The molecule has 1 fully saturated rings. The van der Waals surface area contributed by atoms with Crippen LogP contribution >= 0.6 is 0 Å².